The predicted octanol–water partition coefficient (Wildman–Crippen LogP) is 1.58. The molecule has 3 rings (SSSR count). The first-order valence-electron chi connectivity index (χ1n) is 9.87. The van der Waals surface area contributed by atoms with Crippen molar-refractivity contribution in [2.45, 2.75) is 25.9 Å². The standard InChI is InChI=1S/C19H25F3N4O3/c1-14-3-2-6-25(12-14)18(27)13-23-7-9-24(10-8-23)16-5-4-15(19(20,21)22)11-17(16)26(28)29/h4-5,11,14H,2-3,6-10,12-13H2,1H3/p+1/t14-/m1/s1. The number of hydrogen-bond acceptors (Lipinski definition) is 4. The predicted molar refractivity (Wildman–Crippen MR) is 101 cm³/mol. The van der Waals surface area contributed by atoms with Crippen LogP contribution >= 0.6 is 0 Å². The number of benzene rings is 1. The molecule has 2 fully saturated rings. The Bertz CT molecular complexity index is 764. The van der Waals surface area contributed by atoms with Gasteiger partial charge in [-0.05, 0) is 30.9 Å². The number of piperidine rings is 1. The highest BCUT2D eigenvalue weighted by molar-refractivity contribution is 5.77. The Kier molecular flexibility index (Phi) is 6.30. The van der Waals surface area contributed by atoms with Crippen LogP contribution in [0.5, 0.6) is 0 Å². The number of likely N-dealkylation sites (tertiary alicyclic amines) is 1. The van der Waals surface area contributed by atoms with Crippen LogP contribution in [0.2, 0.25) is 0 Å². The van der Waals surface area contributed by atoms with Crippen LogP contribution in [-0.2, 0) is 11.0 Å². The highest BCUT2D eigenvalue weighted by Crippen LogP contribution is 2.36. The molecule has 0 aromatic heterocycles. The molecule has 10 heteroatoms. The number of anilines is 1. The van der Waals surface area contributed by atoms with E-state index in [1.54, 1.807) is 4.90 Å². The third-order valence-corrected chi connectivity index (χ3v) is 5.72. The number of hydrogen-bond donors (Lipinski definition) is 1. The summed E-state index contributed by atoms with van der Waals surface area (Å²) in [6.45, 7) is 6.21. The average Bonchev–Trinajstić information content (AvgIpc) is 2.67. The molecule has 1 aromatic rings. The number of carbonyl (C=O) groups is 1. The van der Waals surface area contributed by atoms with E-state index in [-0.39, 0.29) is 11.6 Å². The van der Waals surface area contributed by atoms with Crippen LogP contribution in [0.25, 0.3) is 0 Å². The van der Waals surface area contributed by atoms with Gasteiger partial charge in [-0.3, -0.25) is 14.9 Å². The van der Waals surface area contributed by atoms with Gasteiger partial charge in [-0.15, -0.1) is 0 Å². The van der Waals surface area contributed by atoms with Gasteiger partial charge in [0.05, 0.1) is 36.7 Å². The zero-order valence-corrected chi connectivity index (χ0v) is 16.4. The number of piperazine rings is 1. The number of nitrogens with zero attached hydrogens (tertiary/aromatic N) is 3. The lowest BCUT2D eigenvalue weighted by atomic mass is 10.0. The monoisotopic (exact) mass is 415 g/mol. The number of rotatable bonds is 4. The van der Waals surface area contributed by atoms with E-state index in [1.807, 2.05) is 4.90 Å². The molecule has 0 saturated carbocycles. The van der Waals surface area contributed by atoms with Crippen molar-refractivity contribution in [1.29, 1.82) is 0 Å². The third kappa shape index (κ3) is 5.17. The van der Waals surface area contributed by atoms with Crippen molar-refractivity contribution < 1.29 is 27.8 Å². The molecule has 1 N–H and O–H groups in total. The lowest BCUT2D eigenvalue weighted by Gasteiger charge is -2.35. The smallest absolute Gasteiger partial charge is 0.355 e. The number of halogens is 3. The summed E-state index contributed by atoms with van der Waals surface area (Å²) < 4.78 is 38.6. The molecule has 1 amide bonds. The molecule has 0 radical (unpaired) electrons. The van der Waals surface area contributed by atoms with Gasteiger partial charge in [-0.1, -0.05) is 6.92 Å². The second kappa shape index (κ2) is 8.56. The van der Waals surface area contributed by atoms with Gasteiger partial charge in [0.1, 0.15) is 5.69 Å². The molecule has 7 nitrogen and oxygen atoms in total. The molecule has 1 atom stereocenters. The minimum atomic E-state index is -4.63. The van der Waals surface area contributed by atoms with Crippen molar-refractivity contribution in [3.63, 3.8) is 0 Å². The number of alkyl halides is 3. The van der Waals surface area contributed by atoms with Crippen LogP contribution in [0, 0.1) is 16.0 Å². The van der Waals surface area contributed by atoms with E-state index in [9.17, 15) is 28.1 Å². The van der Waals surface area contributed by atoms with E-state index in [4.69, 9.17) is 0 Å². The number of nitro groups is 1. The van der Waals surface area contributed by atoms with Gasteiger partial charge >= 0.3 is 6.18 Å². The molecule has 29 heavy (non-hydrogen) atoms. The topological polar surface area (TPSA) is 71.1 Å². The lowest BCUT2D eigenvalue weighted by Crippen LogP contribution is -3.16. The summed E-state index contributed by atoms with van der Waals surface area (Å²) in [6, 6.07) is 2.64. The summed E-state index contributed by atoms with van der Waals surface area (Å²) in [5, 5.41) is 11.3. The molecular weight excluding hydrogens is 389 g/mol. The van der Waals surface area contributed by atoms with E-state index >= 15 is 0 Å². The molecule has 160 valence electrons. The largest absolute Gasteiger partial charge is 0.416 e. The summed E-state index contributed by atoms with van der Waals surface area (Å²) in [5.74, 6) is 0.639. The Balaban J connectivity index is 1.62. The van der Waals surface area contributed by atoms with Crippen LogP contribution in [0.1, 0.15) is 25.3 Å². The van der Waals surface area contributed by atoms with Gasteiger partial charge < -0.3 is 14.7 Å². The van der Waals surface area contributed by atoms with E-state index in [2.05, 4.69) is 6.92 Å². The molecule has 0 spiro atoms. The second-order valence-corrected chi connectivity index (χ2v) is 7.96. The minimum absolute atomic E-state index is 0.125. The number of quaternary nitrogens is 1. The Morgan fingerprint density at radius 2 is 1.97 bits per heavy atom. The first kappa shape index (κ1) is 21.4. The van der Waals surface area contributed by atoms with Crippen molar-refractivity contribution in [3.05, 3.63) is 33.9 Å². The second-order valence-electron chi connectivity index (χ2n) is 7.96. The van der Waals surface area contributed by atoms with Gasteiger partial charge in [0, 0.05) is 19.2 Å². The molecule has 0 unspecified atom stereocenters. The molecule has 1 aromatic carbocycles. The maximum Gasteiger partial charge on any atom is 0.416 e. The molecular formula is C19H26F3N4O3+. The fourth-order valence-corrected chi connectivity index (χ4v) is 4.10. The fraction of sp³-hybridized carbons (Fsp3) is 0.632. The van der Waals surface area contributed by atoms with E-state index in [1.165, 1.54) is 6.07 Å². The van der Waals surface area contributed by atoms with Crippen LogP contribution in [-0.4, -0.2) is 61.5 Å². The Hall–Kier alpha value is -2.36. The van der Waals surface area contributed by atoms with Crippen LogP contribution < -0.4 is 9.80 Å². The highest BCUT2D eigenvalue weighted by Gasteiger charge is 2.35. The van der Waals surface area contributed by atoms with Crippen molar-refractivity contribution in [2.75, 3.05) is 50.7 Å². The Morgan fingerprint density at radius 1 is 1.28 bits per heavy atom. The van der Waals surface area contributed by atoms with Crippen LogP contribution in [0.4, 0.5) is 24.5 Å². The fourth-order valence-electron chi connectivity index (χ4n) is 4.10. The summed E-state index contributed by atoms with van der Waals surface area (Å²) in [4.78, 5) is 27.8. The van der Waals surface area contributed by atoms with Crippen molar-refractivity contribution >= 4 is 17.3 Å². The van der Waals surface area contributed by atoms with Crippen molar-refractivity contribution in [2.24, 2.45) is 5.92 Å². The summed E-state index contributed by atoms with van der Waals surface area (Å²) in [5.41, 5.74) is -1.38. The normalized spacial score (nSPS) is 21.3. The van der Waals surface area contributed by atoms with Crippen LogP contribution in [0.3, 0.4) is 0 Å². The van der Waals surface area contributed by atoms with E-state index < -0.39 is 22.4 Å². The zero-order valence-electron chi connectivity index (χ0n) is 16.4. The van der Waals surface area contributed by atoms with E-state index in [0.717, 1.165) is 36.9 Å². The maximum absolute atomic E-state index is 12.9. The summed E-state index contributed by atoms with van der Waals surface area (Å²) in [6.07, 6.45) is -2.47. The molecule has 0 bridgehead atoms. The zero-order chi connectivity index (χ0) is 21.2. The number of amides is 1. The van der Waals surface area contributed by atoms with E-state index in [0.29, 0.717) is 44.7 Å². The lowest BCUT2D eigenvalue weighted by molar-refractivity contribution is -0.892. The summed E-state index contributed by atoms with van der Waals surface area (Å²) in [7, 11) is 0. The Morgan fingerprint density at radius 3 is 2.55 bits per heavy atom. The van der Waals surface area contributed by atoms with Gasteiger partial charge in [0.15, 0.2) is 6.54 Å². The third-order valence-electron chi connectivity index (χ3n) is 5.72. The Labute approximate surface area is 167 Å². The number of nitrogens with one attached hydrogen (secondary N) is 1. The first-order valence-corrected chi connectivity index (χ1v) is 9.87. The first-order chi connectivity index (χ1) is 13.6. The van der Waals surface area contributed by atoms with Gasteiger partial charge in [-0.25, -0.2) is 0 Å². The minimum Gasteiger partial charge on any atom is -0.355 e. The highest BCUT2D eigenvalue weighted by atomic mass is 19.4. The number of nitro benzene ring substituents is 1. The van der Waals surface area contributed by atoms with Crippen molar-refractivity contribution in [3.8, 4) is 0 Å². The number of carbonyl (C=O) groups excluding carboxylic acids is 1. The molecule has 2 aliphatic rings. The summed E-state index contributed by atoms with van der Waals surface area (Å²) >= 11 is 0. The van der Waals surface area contributed by atoms with Crippen molar-refractivity contribution in [1.82, 2.24) is 4.90 Å². The average molecular weight is 415 g/mol. The van der Waals surface area contributed by atoms with Gasteiger partial charge in [0.2, 0.25) is 0 Å². The molecule has 2 aliphatic heterocycles. The quantitative estimate of drug-likeness (QED) is 0.599. The maximum atomic E-state index is 12.9. The van der Waals surface area contributed by atoms with Gasteiger partial charge in [0.25, 0.3) is 11.6 Å². The molecule has 2 heterocycles. The molecule has 2 saturated heterocycles. The molecule has 0 aliphatic carbocycles. The van der Waals surface area contributed by atoms with Crippen LogP contribution in [0.15, 0.2) is 18.2 Å². The SMILES string of the molecule is C[C@@H]1CCCN(C(=O)C[NH+]2CCN(c3ccc(C(F)(F)F)cc3[N+](=O)[O-])CC2)C1. The van der Waals surface area contributed by atoms with Gasteiger partial charge in [-0.2, -0.15) is 13.2 Å².